The number of carbonyl (C=O) groups excluding carboxylic acids is 1. The zero-order valence-electron chi connectivity index (χ0n) is 9.10. The average Bonchev–Trinajstić information content (AvgIpc) is 2.14. The summed E-state index contributed by atoms with van der Waals surface area (Å²) >= 11 is 0. The molecule has 0 spiro atoms. The Labute approximate surface area is 90.3 Å². The van der Waals surface area contributed by atoms with Crippen LogP contribution in [0.15, 0.2) is 30.3 Å². The summed E-state index contributed by atoms with van der Waals surface area (Å²) in [7, 11) is 0. The van der Waals surface area contributed by atoms with Gasteiger partial charge in [0.1, 0.15) is 5.75 Å². The molecule has 0 fully saturated rings. The van der Waals surface area contributed by atoms with Crippen molar-refractivity contribution in [2.24, 2.45) is 5.92 Å². The predicted molar refractivity (Wildman–Crippen MR) is 61.6 cm³/mol. The number of carbonyl (C=O) groups is 1. The van der Waals surface area contributed by atoms with Crippen molar-refractivity contribution in [2.75, 3.05) is 0 Å². The van der Waals surface area contributed by atoms with Gasteiger partial charge in [-0.05, 0) is 29.7 Å². The fourth-order valence-corrected chi connectivity index (χ4v) is 1.29. The van der Waals surface area contributed by atoms with Crippen molar-refractivity contribution in [3.63, 3.8) is 0 Å². The van der Waals surface area contributed by atoms with Crippen LogP contribution in [0.25, 0.3) is 6.08 Å². The molecule has 15 heavy (non-hydrogen) atoms. The second-order valence-electron chi connectivity index (χ2n) is 3.99. The smallest absolute Gasteiger partial charge is 0.155 e. The first-order valence-electron chi connectivity index (χ1n) is 5.08. The Hall–Kier alpha value is -1.57. The van der Waals surface area contributed by atoms with Crippen LogP contribution >= 0.6 is 0 Å². The molecule has 0 aromatic heterocycles. The van der Waals surface area contributed by atoms with E-state index in [1.165, 1.54) is 0 Å². The molecule has 0 unspecified atom stereocenters. The van der Waals surface area contributed by atoms with E-state index in [0.717, 1.165) is 5.56 Å². The second-order valence-corrected chi connectivity index (χ2v) is 3.99. The summed E-state index contributed by atoms with van der Waals surface area (Å²) in [6.07, 6.45) is 3.86. The molecule has 0 radical (unpaired) electrons. The molecular formula is C13H16O2. The number of aromatic hydroxyl groups is 1. The molecule has 0 bridgehead atoms. The average molecular weight is 204 g/mol. The maximum absolute atomic E-state index is 11.4. The maximum atomic E-state index is 11.4. The summed E-state index contributed by atoms with van der Waals surface area (Å²) in [4.78, 5) is 11.4. The van der Waals surface area contributed by atoms with Gasteiger partial charge in [-0.25, -0.2) is 0 Å². The Morgan fingerprint density at radius 1 is 1.47 bits per heavy atom. The number of allylic oxidation sites excluding steroid dienone is 1. The lowest BCUT2D eigenvalue weighted by atomic mass is 10.1. The number of rotatable bonds is 4. The van der Waals surface area contributed by atoms with Gasteiger partial charge in [0.05, 0.1) is 0 Å². The first-order valence-corrected chi connectivity index (χ1v) is 5.08. The van der Waals surface area contributed by atoms with E-state index in [2.05, 4.69) is 0 Å². The quantitative estimate of drug-likeness (QED) is 0.765. The molecule has 2 nitrogen and oxygen atoms in total. The molecule has 1 aromatic rings. The van der Waals surface area contributed by atoms with Crippen LogP contribution in [0.2, 0.25) is 0 Å². The lowest BCUT2D eigenvalue weighted by molar-refractivity contribution is -0.115. The molecule has 0 heterocycles. The summed E-state index contributed by atoms with van der Waals surface area (Å²) in [5, 5.41) is 9.20. The SMILES string of the molecule is CC(C)CC(=O)C=Cc1cccc(O)c1. The third-order valence-electron chi connectivity index (χ3n) is 1.94. The second kappa shape index (κ2) is 5.35. The van der Waals surface area contributed by atoms with Crippen LogP contribution in [-0.2, 0) is 4.79 Å². The van der Waals surface area contributed by atoms with Crippen molar-refractivity contribution in [1.29, 1.82) is 0 Å². The van der Waals surface area contributed by atoms with Gasteiger partial charge in [0.25, 0.3) is 0 Å². The van der Waals surface area contributed by atoms with E-state index in [-0.39, 0.29) is 11.5 Å². The third-order valence-corrected chi connectivity index (χ3v) is 1.94. The van der Waals surface area contributed by atoms with Gasteiger partial charge in [0, 0.05) is 6.42 Å². The van der Waals surface area contributed by atoms with Gasteiger partial charge in [-0.15, -0.1) is 0 Å². The molecule has 80 valence electrons. The molecule has 1 rings (SSSR count). The highest BCUT2D eigenvalue weighted by molar-refractivity contribution is 5.93. The summed E-state index contributed by atoms with van der Waals surface area (Å²) in [6.45, 7) is 4.03. The number of hydrogen-bond acceptors (Lipinski definition) is 2. The number of hydrogen-bond donors (Lipinski definition) is 1. The molecule has 0 saturated carbocycles. The van der Waals surface area contributed by atoms with E-state index in [1.54, 1.807) is 30.4 Å². The monoisotopic (exact) mass is 204 g/mol. The van der Waals surface area contributed by atoms with Gasteiger partial charge < -0.3 is 5.11 Å². The van der Waals surface area contributed by atoms with Crippen molar-refractivity contribution < 1.29 is 9.90 Å². The van der Waals surface area contributed by atoms with Crippen molar-refractivity contribution in [2.45, 2.75) is 20.3 Å². The number of ketones is 1. The Morgan fingerprint density at radius 2 is 2.20 bits per heavy atom. The third kappa shape index (κ3) is 4.45. The van der Waals surface area contributed by atoms with E-state index in [9.17, 15) is 9.90 Å². The fourth-order valence-electron chi connectivity index (χ4n) is 1.29. The van der Waals surface area contributed by atoms with Gasteiger partial charge in [-0.2, -0.15) is 0 Å². The molecule has 0 aliphatic carbocycles. The highest BCUT2D eigenvalue weighted by Crippen LogP contribution is 2.12. The van der Waals surface area contributed by atoms with E-state index < -0.39 is 0 Å². The minimum Gasteiger partial charge on any atom is -0.508 e. The van der Waals surface area contributed by atoms with E-state index >= 15 is 0 Å². The topological polar surface area (TPSA) is 37.3 Å². The normalized spacial score (nSPS) is 11.1. The highest BCUT2D eigenvalue weighted by atomic mass is 16.3. The van der Waals surface area contributed by atoms with Crippen LogP contribution in [0.5, 0.6) is 5.75 Å². The molecule has 1 N–H and O–H groups in total. The van der Waals surface area contributed by atoms with Crippen LogP contribution in [0.4, 0.5) is 0 Å². The van der Waals surface area contributed by atoms with Gasteiger partial charge >= 0.3 is 0 Å². The Morgan fingerprint density at radius 3 is 2.80 bits per heavy atom. The molecular weight excluding hydrogens is 188 g/mol. The molecule has 2 heteroatoms. The van der Waals surface area contributed by atoms with Crippen LogP contribution in [0.1, 0.15) is 25.8 Å². The number of benzene rings is 1. The minimum atomic E-state index is 0.119. The van der Waals surface area contributed by atoms with Crippen molar-refractivity contribution in [3.05, 3.63) is 35.9 Å². The Kier molecular flexibility index (Phi) is 4.10. The van der Waals surface area contributed by atoms with E-state index in [0.29, 0.717) is 12.3 Å². The largest absolute Gasteiger partial charge is 0.508 e. The zero-order chi connectivity index (χ0) is 11.3. The molecule has 0 aliphatic heterocycles. The standard InChI is InChI=1S/C13H16O2/c1-10(2)8-13(15)7-6-11-4-3-5-12(14)9-11/h3-7,9-10,14H,8H2,1-2H3. The van der Waals surface area contributed by atoms with Gasteiger partial charge in [-0.3, -0.25) is 4.79 Å². The summed E-state index contributed by atoms with van der Waals surface area (Å²) in [5.74, 6) is 0.716. The van der Waals surface area contributed by atoms with E-state index in [4.69, 9.17) is 0 Å². The first kappa shape index (κ1) is 11.5. The summed E-state index contributed by atoms with van der Waals surface area (Å²) < 4.78 is 0. The van der Waals surface area contributed by atoms with Gasteiger partial charge in [-0.1, -0.05) is 32.1 Å². The molecule has 0 amide bonds. The highest BCUT2D eigenvalue weighted by Gasteiger charge is 2.00. The first-order chi connectivity index (χ1) is 7.08. The Bertz CT molecular complexity index is 365. The Balaban J connectivity index is 2.61. The fraction of sp³-hybridized carbons (Fsp3) is 0.308. The lowest BCUT2D eigenvalue weighted by Gasteiger charge is -1.99. The molecule has 0 aliphatic rings. The molecule has 1 aromatic carbocycles. The van der Waals surface area contributed by atoms with Crippen LogP contribution in [0.3, 0.4) is 0 Å². The lowest BCUT2D eigenvalue weighted by Crippen LogP contribution is -1.98. The molecule has 0 atom stereocenters. The van der Waals surface area contributed by atoms with Crippen LogP contribution in [-0.4, -0.2) is 10.9 Å². The van der Waals surface area contributed by atoms with Gasteiger partial charge in [0.15, 0.2) is 5.78 Å². The predicted octanol–water partition coefficient (Wildman–Crippen LogP) is 3.02. The van der Waals surface area contributed by atoms with Crippen molar-refractivity contribution in [3.8, 4) is 5.75 Å². The van der Waals surface area contributed by atoms with Crippen LogP contribution < -0.4 is 0 Å². The number of phenolic OH excluding ortho intramolecular Hbond substituents is 1. The minimum absolute atomic E-state index is 0.119. The maximum Gasteiger partial charge on any atom is 0.155 e. The molecule has 0 saturated heterocycles. The number of phenols is 1. The summed E-state index contributed by atoms with van der Waals surface area (Å²) in [5.41, 5.74) is 0.840. The summed E-state index contributed by atoms with van der Waals surface area (Å²) in [6, 6.07) is 6.83. The zero-order valence-corrected chi connectivity index (χ0v) is 9.10. The van der Waals surface area contributed by atoms with Crippen molar-refractivity contribution in [1.82, 2.24) is 0 Å². The van der Waals surface area contributed by atoms with Crippen molar-refractivity contribution >= 4 is 11.9 Å². The van der Waals surface area contributed by atoms with Crippen LogP contribution in [0, 0.1) is 5.92 Å². The van der Waals surface area contributed by atoms with E-state index in [1.807, 2.05) is 19.9 Å². The van der Waals surface area contributed by atoms with Gasteiger partial charge in [0.2, 0.25) is 0 Å².